The largest absolute Gasteiger partial charge is 0.382 e. The van der Waals surface area contributed by atoms with Gasteiger partial charge in [0.05, 0.1) is 0 Å². The molecule has 0 amide bonds. The smallest absolute Gasteiger partial charge is 0.224 e. The molecule has 6 nitrogen and oxygen atoms in total. The van der Waals surface area contributed by atoms with Crippen molar-refractivity contribution in [2.24, 2.45) is 0 Å². The second-order valence-corrected chi connectivity index (χ2v) is 3.29. The predicted octanol–water partition coefficient (Wildman–Crippen LogP) is 1.22. The highest BCUT2D eigenvalue weighted by atomic mass is 35.5. The minimum Gasteiger partial charge on any atom is -0.382 e. The Bertz CT molecular complexity index is 546. The number of aromatic nitrogens is 4. The van der Waals surface area contributed by atoms with Gasteiger partial charge in [-0.25, -0.2) is 4.98 Å². The van der Waals surface area contributed by atoms with Gasteiger partial charge in [-0.1, -0.05) is 23.2 Å². The Kier molecular flexibility index (Phi) is 2.37. The average molecular weight is 245 g/mol. The molecule has 2 rings (SSSR count). The minimum atomic E-state index is 0.0563. The van der Waals surface area contributed by atoms with Crippen LogP contribution in [0.3, 0.4) is 0 Å². The van der Waals surface area contributed by atoms with Crippen LogP contribution in [0.4, 0.5) is 11.8 Å². The molecule has 4 N–H and O–H groups in total. The van der Waals surface area contributed by atoms with Crippen molar-refractivity contribution in [3.05, 3.63) is 11.9 Å². The summed E-state index contributed by atoms with van der Waals surface area (Å²) in [6.45, 7) is 0. The Hall–Kier alpha value is -1.53. The summed E-state index contributed by atoms with van der Waals surface area (Å²) in [7, 11) is 0. The van der Waals surface area contributed by atoms with E-state index in [-0.39, 0.29) is 16.9 Å². The zero-order valence-electron chi connectivity index (χ0n) is 7.35. The fourth-order valence-electron chi connectivity index (χ4n) is 1.15. The van der Waals surface area contributed by atoms with Gasteiger partial charge in [0.1, 0.15) is 11.5 Å². The number of nitrogens with two attached hydrogens (primary N) is 2. The molecule has 0 fully saturated rings. The lowest BCUT2D eigenvalue weighted by molar-refractivity contribution is 1.12. The lowest BCUT2D eigenvalue weighted by Gasteiger charge is -2.00. The fourth-order valence-corrected chi connectivity index (χ4v) is 1.38. The lowest BCUT2D eigenvalue weighted by atomic mass is 10.5. The third-order valence-electron chi connectivity index (χ3n) is 1.76. The maximum absolute atomic E-state index is 5.83. The van der Waals surface area contributed by atoms with Crippen LogP contribution in [0.5, 0.6) is 0 Å². The van der Waals surface area contributed by atoms with E-state index in [1.54, 1.807) is 0 Å². The second kappa shape index (κ2) is 3.56. The van der Waals surface area contributed by atoms with Gasteiger partial charge in [0, 0.05) is 5.54 Å². The number of hydrogen-bond acceptors (Lipinski definition) is 5. The number of nitrogens with zero attached hydrogens (tertiary/aromatic N) is 4. The molecule has 0 atom stereocenters. The van der Waals surface area contributed by atoms with Gasteiger partial charge in [-0.3, -0.25) is 4.57 Å². The van der Waals surface area contributed by atoms with Gasteiger partial charge in [-0.05, 0) is 0 Å². The van der Waals surface area contributed by atoms with Crippen LogP contribution in [0, 0.1) is 0 Å². The molecule has 8 heteroatoms. The first kappa shape index (κ1) is 10.0. The summed E-state index contributed by atoms with van der Waals surface area (Å²) >= 11 is 11.3. The van der Waals surface area contributed by atoms with E-state index < -0.39 is 0 Å². The minimum absolute atomic E-state index is 0.0563. The predicted molar refractivity (Wildman–Crippen MR) is 60.1 cm³/mol. The van der Waals surface area contributed by atoms with Gasteiger partial charge >= 0.3 is 0 Å². The molecule has 0 aliphatic carbocycles. The Morgan fingerprint density at radius 2 is 2.13 bits per heavy atom. The van der Waals surface area contributed by atoms with Crippen molar-refractivity contribution in [3.63, 3.8) is 0 Å². The number of imidazole rings is 1. The van der Waals surface area contributed by atoms with E-state index in [0.717, 1.165) is 0 Å². The molecule has 0 spiro atoms. The van der Waals surface area contributed by atoms with E-state index in [9.17, 15) is 0 Å². The lowest BCUT2D eigenvalue weighted by Crippen LogP contribution is -2.02. The van der Waals surface area contributed by atoms with E-state index >= 15 is 0 Å². The highest BCUT2D eigenvalue weighted by molar-refractivity contribution is 6.50. The molecule has 15 heavy (non-hydrogen) atoms. The molecule has 78 valence electrons. The monoisotopic (exact) mass is 244 g/mol. The van der Waals surface area contributed by atoms with Crippen LogP contribution in [0.15, 0.2) is 11.9 Å². The van der Waals surface area contributed by atoms with Crippen LogP contribution in [0.25, 0.3) is 16.3 Å². The molecule has 0 radical (unpaired) electrons. The normalized spacial score (nSPS) is 12.3. The molecule has 0 unspecified atom stereocenters. The quantitative estimate of drug-likeness (QED) is 0.787. The van der Waals surface area contributed by atoms with Crippen LogP contribution in [-0.2, 0) is 0 Å². The molecular formula is C7H6Cl2N6. The number of nitrogen functional groups attached to an aromatic ring is 2. The molecule has 2 aromatic rings. The van der Waals surface area contributed by atoms with Crippen molar-refractivity contribution in [1.29, 1.82) is 0 Å². The Morgan fingerprint density at radius 3 is 2.80 bits per heavy atom. The molecule has 0 aliphatic rings. The molecule has 0 saturated heterocycles. The molecule has 0 saturated carbocycles. The van der Waals surface area contributed by atoms with Gasteiger partial charge in [0.15, 0.2) is 17.0 Å². The van der Waals surface area contributed by atoms with Crippen LogP contribution < -0.4 is 11.5 Å². The second-order valence-electron chi connectivity index (χ2n) is 2.69. The van der Waals surface area contributed by atoms with Crippen molar-refractivity contribution in [2.45, 2.75) is 0 Å². The van der Waals surface area contributed by atoms with Crippen molar-refractivity contribution < 1.29 is 0 Å². The maximum Gasteiger partial charge on any atom is 0.224 e. The molecule has 0 bridgehead atoms. The van der Waals surface area contributed by atoms with Crippen molar-refractivity contribution in [2.75, 3.05) is 11.5 Å². The fraction of sp³-hybridized carbons (Fsp3) is 0. The van der Waals surface area contributed by atoms with Crippen molar-refractivity contribution >= 4 is 51.3 Å². The Balaban J connectivity index is 2.80. The molecule has 0 aromatic carbocycles. The molecular weight excluding hydrogens is 239 g/mol. The maximum atomic E-state index is 5.83. The van der Waals surface area contributed by atoms with Gasteiger partial charge in [-0.2, -0.15) is 9.97 Å². The number of fused-ring (bicyclic) bond motifs is 1. The number of anilines is 2. The zero-order chi connectivity index (χ0) is 11.0. The van der Waals surface area contributed by atoms with Gasteiger partial charge in [0.2, 0.25) is 5.95 Å². The first-order valence-electron chi connectivity index (χ1n) is 3.85. The first-order chi connectivity index (χ1) is 7.13. The van der Waals surface area contributed by atoms with Crippen molar-refractivity contribution in [1.82, 2.24) is 19.5 Å². The first-order valence-corrected chi connectivity index (χ1v) is 4.67. The topological polar surface area (TPSA) is 95.6 Å². The molecule has 2 aromatic heterocycles. The summed E-state index contributed by atoms with van der Waals surface area (Å²) in [4.78, 5) is 11.7. The summed E-state index contributed by atoms with van der Waals surface area (Å²) in [5.41, 5.74) is 13.1. The number of rotatable bonds is 1. The summed E-state index contributed by atoms with van der Waals surface area (Å²) in [5, 5.41) is 0.247. The van der Waals surface area contributed by atoms with E-state index in [0.29, 0.717) is 11.2 Å². The third kappa shape index (κ3) is 1.57. The molecule has 0 aliphatic heterocycles. The van der Waals surface area contributed by atoms with Crippen LogP contribution in [-0.4, -0.2) is 19.5 Å². The van der Waals surface area contributed by atoms with E-state index in [4.69, 9.17) is 34.7 Å². The summed E-state index contributed by atoms with van der Waals surface area (Å²) in [5.74, 6) is 0.260. The number of halogens is 2. The molecule has 2 heterocycles. The summed E-state index contributed by atoms with van der Waals surface area (Å²) < 4.78 is 1.46. The van der Waals surface area contributed by atoms with Crippen LogP contribution in [0.1, 0.15) is 0 Å². The van der Waals surface area contributed by atoms with Crippen LogP contribution >= 0.6 is 23.2 Å². The Morgan fingerprint density at radius 1 is 1.40 bits per heavy atom. The standard InChI is InChI=1S/C7H6Cl2N6/c8-1-3(9)15-2-12-4-5(10)13-7(11)14-6(4)15/h1-2H,(H4,10,11,13,14)/b3-1+. The Labute approximate surface area is 94.5 Å². The highest BCUT2D eigenvalue weighted by Gasteiger charge is 2.11. The van der Waals surface area contributed by atoms with Gasteiger partial charge in [0.25, 0.3) is 0 Å². The summed E-state index contributed by atoms with van der Waals surface area (Å²) in [6, 6.07) is 0. The third-order valence-corrected chi connectivity index (χ3v) is 2.37. The summed E-state index contributed by atoms with van der Waals surface area (Å²) in [6.07, 6.45) is 1.44. The van der Waals surface area contributed by atoms with Crippen LogP contribution in [0.2, 0.25) is 0 Å². The average Bonchev–Trinajstić information content (AvgIpc) is 2.60. The SMILES string of the molecule is Nc1nc(N)c2ncn(/C(Cl)=C/Cl)c2n1. The zero-order valence-corrected chi connectivity index (χ0v) is 8.87. The number of hydrogen-bond donors (Lipinski definition) is 2. The van der Waals surface area contributed by atoms with Crippen molar-refractivity contribution in [3.8, 4) is 0 Å². The van der Waals surface area contributed by atoms with Gasteiger partial charge < -0.3 is 11.5 Å². The highest BCUT2D eigenvalue weighted by Crippen LogP contribution is 2.22. The van der Waals surface area contributed by atoms with E-state index in [1.807, 2.05) is 0 Å². The van der Waals surface area contributed by atoms with Gasteiger partial charge in [-0.15, -0.1) is 0 Å². The van der Waals surface area contributed by atoms with E-state index in [1.165, 1.54) is 16.4 Å². The van der Waals surface area contributed by atoms with E-state index in [2.05, 4.69) is 15.0 Å².